The summed E-state index contributed by atoms with van der Waals surface area (Å²) in [5.41, 5.74) is 4.23. The Kier molecular flexibility index (Phi) is 10.2. The third kappa shape index (κ3) is 8.35. The first kappa shape index (κ1) is 38.2. The maximum Gasteiger partial charge on any atom is 0.303 e. The fourth-order valence-electron chi connectivity index (χ4n) is 5.47. The first-order chi connectivity index (χ1) is 25.9. The van der Waals surface area contributed by atoms with Gasteiger partial charge in [0.05, 0.1) is 34.6 Å². The molecule has 0 unspecified atom stereocenters. The Morgan fingerprint density at radius 2 is 1.22 bits per heavy atom. The van der Waals surface area contributed by atoms with Gasteiger partial charge >= 0.3 is 5.97 Å². The summed E-state index contributed by atoms with van der Waals surface area (Å²) in [6.07, 6.45) is -0.534. The molecule has 1 aliphatic carbocycles. The zero-order valence-electron chi connectivity index (χ0n) is 27.6. The van der Waals surface area contributed by atoms with Crippen molar-refractivity contribution in [1.29, 1.82) is 0 Å². The molecule has 1 aromatic heterocycles. The van der Waals surface area contributed by atoms with Crippen LogP contribution >= 0.6 is 11.6 Å². The van der Waals surface area contributed by atoms with E-state index in [0.717, 1.165) is 18.2 Å². The lowest BCUT2D eigenvalue weighted by atomic mass is 9.82. The van der Waals surface area contributed by atoms with Gasteiger partial charge < -0.3 is 32.1 Å². The highest BCUT2D eigenvalue weighted by Crippen LogP contribution is 2.41. The van der Waals surface area contributed by atoms with Crippen LogP contribution in [0.1, 0.15) is 44.7 Å². The topological polar surface area (TPSA) is 310 Å². The number of hydrogen-bond donors (Lipinski definition) is 8. The number of ketones is 2. The minimum Gasteiger partial charge on any atom is -0.481 e. The molecule has 0 radical (unpaired) electrons. The lowest BCUT2D eigenvalue weighted by molar-refractivity contribution is -0.138. The number of amides is 1. The van der Waals surface area contributed by atoms with Crippen LogP contribution in [0.15, 0.2) is 82.6 Å². The normalized spacial score (nSPS) is 12.3. The Balaban J connectivity index is 1.29. The van der Waals surface area contributed by atoms with Crippen LogP contribution in [-0.2, 0) is 29.8 Å². The summed E-state index contributed by atoms with van der Waals surface area (Å²) in [6.45, 7) is 0. The highest BCUT2D eigenvalue weighted by Gasteiger charge is 2.37. The number of carboxylic acids is 1. The number of benzene rings is 4. The van der Waals surface area contributed by atoms with E-state index in [4.69, 9.17) is 22.4 Å². The van der Waals surface area contributed by atoms with E-state index in [0.29, 0.717) is 11.4 Å². The number of aliphatic carboxylic acids is 1. The van der Waals surface area contributed by atoms with Crippen LogP contribution in [0.4, 0.5) is 46.0 Å². The average Bonchev–Trinajstić information content (AvgIpc) is 3.10. The number of carboxylic acid groups (broad SMARTS) is 1. The molecule has 19 nitrogen and oxygen atoms in total. The minimum absolute atomic E-state index is 0.0208. The fraction of sp³-hybridized carbons (Fsp3) is 0.0606. The quantitative estimate of drug-likeness (QED) is 0.0627. The molecule has 282 valence electrons. The Labute approximate surface area is 315 Å². The van der Waals surface area contributed by atoms with Crippen LogP contribution in [0.5, 0.6) is 0 Å². The van der Waals surface area contributed by atoms with Gasteiger partial charge in [-0.2, -0.15) is 31.8 Å². The van der Waals surface area contributed by atoms with Crippen LogP contribution in [-0.4, -0.2) is 69.4 Å². The summed E-state index contributed by atoms with van der Waals surface area (Å²) in [4.78, 5) is 60.2. The number of rotatable bonds is 12. The van der Waals surface area contributed by atoms with E-state index < -0.39 is 81.7 Å². The number of nitrogens with one attached hydrogen (secondary N) is 4. The first-order valence-electron chi connectivity index (χ1n) is 15.5. The van der Waals surface area contributed by atoms with Crippen molar-refractivity contribution in [2.45, 2.75) is 22.6 Å². The molecule has 0 fully saturated rings. The first-order valence-corrected chi connectivity index (χ1v) is 18.7. The van der Waals surface area contributed by atoms with Crippen LogP contribution in [0.3, 0.4) is 0 Å². The molecule has 22 heteroatoms. The van der Waals surface area contributed by atoms with Crippen LogP contribution in [0.25, 0.3) is 0 Å². The molecule has 4 aromatic carbocycles. The number of nitrogens with zero attached hydrogens (tertiary/aromatic N) is 3. The fourth-order valence-corrected chi connectivity index (χ4v) is 6.95. The lowest BCUT2D eigenvalue weighted by Gasteiger charge is -2.24. The molecule has 0 atom stereocenters. The van der Waals surface area contributed by atoms with Gasteiger partial charge in [0.15, 0.2) is 11.6 Å². The average molecular weight is 809 g/mol. The molecule has 0 spiro atoms. The molecule has 9 N–H and O–H groups in total. The number of halogens is 1. The van der Waals surface area contributed by atoms with Gasteiger partial charge in [-0.05, 0) is 60.1 Å². The number of anilines is 8. The van der Waals surface area contributed by atoms with E-state index in [1.165, 1.54) is 42.5 Å². The summed E-state index contributed by atoms with van der Waals surface area (Å²) >= 11 is 6.11. The van der Waals surface area contributed by atoms with Crippen molar-refractivity contribution in [3.8, 4) is 0 Å². The van der Waals surface area contributed by atoms with Crippen molar-refractivity contribution < 1.29 is 50.2 Å². The zero-order chi connectivity index (χ0) is 39.8. The summed E-state index contributed by atoms with van der Waals surface area (Å²) < 4.78 is 70.0. The largest absolute Gasteiger partial charge is 0.481 e. The van der Waals surface area contributed by atoms with E-state index in [1.54, 1.807) is 12.1 Å². The molecule has 1 amide bonds. The van der Waals surface area contributed by atoms with Gasteiger partial charge in [0, 0.05) is 34.6 Å². The van der Waals surface area contributed by atoms with Crippen LogP contribution in [0, 0.1) is 0 Å². The van der Waals surface area contributed by atoms with E-state index in [9.17, 15) is 45.1 Å². The monoisotopic (exact) mass is 808 g/mol. The molecule has 1 aliphatic rings. The van der Waals surface area contributed by atoms with Crippen LogP contribution in [0.2, 0.25) is 5.28 Å². The number of fused-ring (bicyclic) bond motifs is 2. The van der Waals surface area contributed by atoms with Crippen molar-refractivity contribution in [3.63, 3.8) is 0 Å². The molecule has 6 rings (SSSR count). The zero-order valence-corrected chi connectivity index (χ0v) is 30.0. The van der Waals surface area contributed by atoms with Gasteiger partial charge in [-0.25, -0.2) is 0 Å². The minimum atomic E-state index is -5.09. The van der Waals surface area contributed by atoms with Gasteiger partial charge in [0.25, 0.3) is 20.2 Å². The molecule has 1 heterocycles. The lowest BCUT2D eigenvalue weighted by Crippen LogP contribution is -2.25. The maximum atomic E-state index is 13.7. The third-order valence-corrected chi connectivity index (χ3v) is 9.82. The highest BCUT2D eigenvalue weighted by atomic mass is 35.5. The second-order valence-corrected chi connectivity index (χ2v) is 14.7. The second kappa shape index (κ2) is 14.7. The van der Waals surface area contributed by atoms with E-state index >= 15 is 0 Å². The number of nitrogen functional groups attached to an aromatic ring is 1. The number of hydrogen-bond acceptors (Lipinski definition) is 15. The predicted octanol–water partition coefficient (Wildman–Crippen LogP) is 4.41. The Morgan fingerprint density at radius 1 is 0.673 bits per heavy atom. The van der Waals surface area contributed by atoms with Crippen molar-refractivity contribution >= 4 is 101 Å². The SMILES string of the molecule is Nc1c(S(=O)(=O)O)cc(Nc2ccc(Nc3nc(Cl)nc(Nc4ccc(NC(=O)CCC(=O)O)cc4)n3)cc2S(=O)(=O)O)c2c1C(=O)c1ccccc1C2=O. The number of carbonyl (C=O) groups is 4. The standard InChI is InChI=1S/C33H25ClN8O11S2/c34-31-40-32(37-16-7-5-15(6-8-16)36-24(43)11-12-25(44)45)42-33(41-31)38-17-9-10-20(22(13-17)54(48,49)50)39-21-14-23(55(51,52)53)28(35)27-26(21)29(46)18-3-1-2-4-19(18)30(27)47/h1-10,13-14,39H,11-12,35H2,(H,36,43)(H,44,45)(H,48,49,50)(H,51,52,53)(H2,37,38,40,41,42). The summed E-state index contributed by atoms with van der Waals surface area (Å²) in [5, 5.41) is 19.2. The van der Waals surface area contributed by atoms with Gasteiger partial charge in [-0.15, -0.1) is 0 Å². The Hall–Kier alpha value is -6.52. The van der Waals surface area contributed by atoms with Gasteiger partial charge in [-0.1, -0.05) is 24.3 Å². The van der Waals surface area contributed by atoms with Gasteiger partial charge in [0.1, 0.15) is 9.79 Å². The molecular weight excluding hydrogens is 784 g/mol. The van der Waals surface area contributed by atoms with Crippen molar-refractivity contribution in [2.75, 3.05) is 27.0 Å². The predicted molar refractivity (Wildman–Crippen MR) is 197 cm³/mol. The van der Waals surface area contributed by atoms with Crippen molar-refractivity contribution in [3.05, 3.63) is 100 Å². The van der Waals surface area contributed by atoms with Gasteiger partial charge in [-0.3, -0.25) is 28.3 Å². The molecule has 0 saturated carbocycles. The number of aromatic nitrogens is 3. The molecule has 0 saturated heterocycles. The second-order valence-electron chi connectivity index (χ2n) is 11.6. The summed E-state index contributed by atoms with van der Waals surface area (Å²) in [5.74, 6) is -3.45. The van der Waals surface area contributed by atoms with Crippen LogP contribution < -0.4 is 27.0 Å². The van der Waals surface area contributed by atoms with E-state index in [-0.39, 0.29) is 46.8 Å². The Morgan fingerprint density at radius 3 is 1.80 bits per heavy atom. The summed E-state index contributed by atoms with van der Waals surface area (Å²) in [7, 11) is -10.2. The summed E-state index contributed by atoms with van der Waals surface area (Å²) in [6, 6.07) is 16.0. The molecular formula is C33H25ClN8O11S2. The smallest absolute Gasteiger partial charge is 0.303 e. The Bertz CT molecular complexity index is 2680. The third-order valence-electron chi connectivity index (χ3n) is 7.86. The highest BCUT2D eigenvalue weighted by molar-refractivity contribution is 7.86. The maximum absolute atomic E-state index is 13.7. The van der Waals surface area contributed by atoms with E-state index in [2.05, 4.69) is 36.2 Å². The molecule has 0 aliphatic heterocycles. The number of carbonyl (C=O) groups excluding carboxylic acids is 3. The molecule has 5 aromatic rings. The molecule has 0 bridgehead atoms. The van der Waals surface area contributed by atoms with E-state index in [1.807, 2.05) is 0 Å². The molecule has 55 heavy (non-hydrogen) atoms. The van der Waals surface area contributed by atoms with Gasteiger partial charge in [0.2, 0.25) is 23.1 Å². The van der Waals surface area contributed by atoms with Crippen molar-refractivity contribution in [2.24, 2.45) is 0 Å². The van der Waals surface area contributed by atoms with Crippen molar-refractivity contribution in [1.82, 2.24) is 15.0 Å². The number of nitrogens with two attached hydrogens (primary N) is 1.